The normalized spacial score (nSPS) is 25.7. The molecule has 0 spiro atoms. The van der Waals surface area contributed by atoms with Gasteiger partial charge in [0.15, 0.2) is 5.12 Å². The van der Waals surface area contributed by atoms with Crippen LogP contribution in [0.15, 0.2) is 0 Å². The van der Waals surface area contributed by atoms with E-state index in [-0.39, 0.29) is 5.78 Å². The number of carbonyl (C=O) groups excluding carboxylic acids is 2. The monoisotopic (exact) mass is 362 g/mol. The molecule has 0 aliphatic heterocycles. The predicted octanol–water partition coefficient (Wildman–Crippen LogP) is 4.76. The highest BCUT2D eigenvalue weighted by Crippen LogP contribution is 2.49. The topological polar surface area (TPSA) is 34.1 Å². The molecule has 0 amide bonds. The maximum atomic E-state index is 12.1. The number of hydrogen-bond donors (Lipinski definition) is 0. The Bertz CT molecular complexity index is 343. The van der Waals surface area contributed by atoms with E-state index in [2.05, 4.69) is 6.26 Å². The lowest BCUT2D eigenvalue weighted by molar-refractivity contribution is -0.116. The quantitative estimate of drug-likeness (QED) is 0.581. The molecule has 22 heavy (non-hydrogen) atoms. The van der Waals surface area contributed by atoms with Crippen molar-refractivity contribution in [3.8, 4) is 0 Å². The molecule has 5 heteroatoms. The molecule has 0 aromatic rings. The van der Waals surface area contributed by atoms with E-state index in [1.165, 1.54) is 63.2 Å². The van der Waals surface area contributed by atoms with Crippen molar-refractivity contribution in [3.05, 3.63) is 0 Å². The standard InChI is InChI=1S/C14H24OS3.C3H6O/c1-16-7-8-17-5-2-6-18-14(15)13-10-11-3-4-12(13)9-11;1-3(2)4/h11-13H,2-10H2,1H3;1-2H3. The SMILES string of the molecule is CC(C)=O.CSCCSCCCSC(=O)C1CC2CCC1C2. The van der Waals surface area contributed by atoms with E-state index < -0.39 is 0 Å². The Morgan fingerprint density at radius 2 is 1.73 bits per heavy atom. The summed E-state index contributed by atoms with van der Waals surface area (Å²) >= 11 is 5.56. The van der Waals surface area contributed by atoms with Gasteiger partial charge in [-0.1, -0.05) is 18.2 Å². The Morgan fingerprint density at radius 1 is 1.00 bits per heavy atom. The molecule has 128 valence electrons. The number of carbonyl (C=O) groups is 2. The molecule has 2 nitrogen and oxygen atoms in total. The van der Waals surface area contributed by atoms with Gasteiger partial charge in [-0.15, -0.1) is 0 Å². The Morgan fingerprint density at radius 3 is 2.27 bits per heavy atom. The summed E-state index contributed by atoms with van der Waals surface area (Å²) in [4.78, 5) is 21.6. The minimum atomic E-state index is 0.167. The van der Waals surface area contributed by atoms with E-state index >= 15 is 0 Å². The molecule has 2 bridgehead atoms. The van der Waals surface area contributed by atoms with Gasteiger partial charge in [0.1, 0.15) is 5.78 Å². The van der Waals surface area contributed by atoms with Gasteiger partial charge in [-0.2, -0.15) is 23.5 Å². The van der Waals surface area contributed by atoms with Crippen LogP contribution in [0.3, 0.4) is 0 Å². The van der Waals surface area contributed by atoms with Crippen molar-refractivity contribution in [3.63, 3.8) is 0 Å². The molecule has 2 rings (SSSR count). The largest absolute Gasteiger partial charge is 0.300 e. The summed E-state index contributed by atoms with van der Waals surface area (Å²) in [6.45, 7) is 3.06. The van der Waals surface area contributed by atoms with Crippen molar-refractivity contribution in [2.24, 2.45) is 17.8 Å². The van der Waals surface area contributed by atoms with Crippen LogP contribution in [0.25, 0.3) is 0 Å². The van der Waals surface area contributed by atoms with Gasteiger partial charge in [-0.3, -0.25) is 4.79 Å². The summed E-state index contributed by atoms with van der Waals surface area (Å²) in [5.41, 5.74) is 0. The average molecular weight is 363 g/mol. The summed E-state index contributed by atoms with van der Waals surface area (Å²) in [6, 6.07) is 0. The minimum absolute atomic E-state index is 0.167. The van der Waals surface area contributed by atoms with Gasteiger partial charge >= 0.3 is 0 Å². The van der Waals surface area contributed by atoms with E-state index in [1.54, 1.807) is 11.8 Å². The maximum Gasteiger partial charge on any atom is 0.192 e. The molecule has 2 aliphatic rings. The Kier molecular flexibility index (Phi) is 11.0. The van der Waals surface area contributed by atoms with Crippen molar-refractivity contribution in [2.75, 3.05) is 29.3 Å². The first-order valence-corrected chi connectivity index (χ1v) is 11.8. The van der Waals surface area contributed by atoms with Crippen LogP contribution in [0.2, 0.25) is 0 Å². The van der Waals surface area contributed by atoms with Crippen LogP contribution in [0.1, 0.15) is 46.0 Å². The van der Waals surface area contributed by atoms with Crippen molar-refractivity contribution in [1.82, 2.24) is 0 Å². The molecule has 3 unspecified atom stereocenters. The van der Waals surface area contributed by atoms with E-state index in [0.29, 0.717) is 11.0 Å². The molecular formula is C17H30O2S3. The van der Waals surface area contributed by atoms with Gasteiger partial charge in [-0.25, -0.2) is 0 Å². The first kappa shape index (κ1) is 20.4. The highest BCUT2D eigenvalue weighted by Gasteiger charge is 2.42. The Hall–Kier alpha value is 0.390. The van der Waals surface area contributed by atoms with E-state index in [1.807, 2.05) is 23.5 Å². The van der Waals surface area contributed by atoms with Gasteiger partial charge < -0.3 is 4.79 Å². The zero-order valence-corrected chi connectivity index (χ0v) is 16.6. The number of hydrogen-bond acceptors (Lipinski definition) is 5. The van der Waals surface area contributed by atoms with E-state index in [4.69, 9.17) is 0 Å². The molecule has 0 saturated heterocycles. The highest BCUT2D eigenvalue weighted by molar-refractivity contribution is 8.13. The highest BCUT2D eigenvalue weighted by atomic mass is 32.2. The van der Waals surface area contributed by atoms with Crippen LogP contribution in [0.4, 0.5) is 0 Å². The third kappa shape index (κ3) is 8.30. The van der Waals surface area contributed by atoms with E-state index in [0.717, 1.165) is 17.6 Å². The molecule has 2 saturated carbocycles. The number of Topliss-reactive ketones (excluding diaryl/α,β-unsaturated/α-hetero) is 1. The second-order valence-electron chi connectivity index (χ2n) is 6.32. The van der Waals surface area contributed by atoms with Gasteiger partial charge in [0, 0.05) is 23.2 Å². The summed E-state index contributed by atoms with van der Waals surface area (Å²) in [7, 11) is 0. The molecule has 0 N–H and O–H groups in total. The van der Waals surface area contributed by atoms with Crippen LogP contribution in [0, 0.1) is 17.8 Å². The molecule has 0 aromatic carbocycles. The van der Waals surface area contributed by atoms with Crippen LogP contribution in [-0.4, -0.2) is 40.2 Å². The van der Waals surface area contributed by atoms with E-state index in [9.17, 15) is 9.59 Å². The number of ketones is 1. The first-order chi connectivity index (χ1) is 10.5. The maximum absolute atomic E-state index is 12.1. The molecule has 0 heterocycles. The lowest BCUT2D eigenvalue weighted by Crippen LogP contribution is -2.18. The fourth-order valence-corrected chi connectivity index (χ4v) is 6.08. The Labute approximate surface area is 148 Å². The number of fused-ring (bicyclic) bond motifs is 2. The fourth-order valence-electron chi connectivity index (χ4n) is 3.22. The summed E-state index contributed by atoms with van der Waals surface area (Å²) in [5, 5.41) is 0.510. The average Bonchev–Trinajstić information content (AvgIpc) is 3.08. The molecule has 2 fully saturated rings. The third-order valence-electron chi connectivity index (χ3n) is 4.15. The second kappa shape index (κ2) is 11.9. The molecule has 0 aromatic heterocycles. The number of rotatable bonds is 8. The van der Waals surface area contributed by atoms with Crippen LogP contribution < -0.4 is 0 Å². The van der Waals surface area contributed by atoms with Crippen LogP contribution >= 0.6 is 35.3 Å². The van der Waals surface area contributed by atoms with Crippen molar-refractivity contribution < 1.29 is 9.59 Å². The summed E-state index contributed by atoms with van der Waals surface area (Å²) in [6.07, 6.45) is 8.62. The lowest BCUT2D eigenvalue weighted by Gasteiger charge is -2.19. The Balaban J connectivity index is 0.000000541. The minimum Gasteiger partial charge on any atom is -0.300 e. The van der Waals surface area contributed by atoms with Gasteiger partial charge in [0.05, 0.1) is 0 Å². The van der Waals surface area contributed by atoms with Crippen LogP contribution in [-0.2, 0) is 9.59 Å². The second-order valence-corrected chi connectivity index (χ2v) is 9.63. The van der Waals surface area contributed by atoms with Gasteiger partial charge in [-0.05, 0) is 63.4 Å². The van der Waals surface area contributed by atoms with Crippen LogP contribution in [0.5, 0.6) is 0 Å². The van der Waals surface area contributed by atoms with Gasteiger partial charge in [0.2, 0.25) is 0 Å². The summed E-state index contributed by atoms with van der Waals surface area (Å²) in [5.74, 6) is 7.01. The molecule has 2 aliphatic carbocycles. The molecular weight excluding hydrogens is 332 g/mol. The molecule has 3 atom stereocenters. The summed E-state index contributed by atoms with van der Waals surface area (Å²) < 4.78 is 0. The third-order valence-corrected chi connectivity index (χ3v) is 7.17. The van der Waals surface area contributed by atoms with Crippen molar-refractivity contribution in [1.29, 1.82) is 0 Å². The zero-order chi connectivity index (χ0) is 16.4. The van der Waals surface area contributed by atoms with Gasteiger partial charge in [0.25, 0.3) is 0 Å². The predicted molar refractivity (Wildman–Crippen MR) is 103 cm³/mol. The smallest absolute Gasteiger partial charge is 0.192 e. The zero-order valence-electron chi connectivity index (χ0n) is 14.1. The van der Waals surface area contributed by atoms with Crippen molar-refractivity contribution in [2.45, 2.75) is 46.0 Å². The number of thioether (sulfide) groups is 3. The lowest BCUT2D eigenvalue weighted by atomic mass is 9.90. The fraction of sp³-hybridized carbons (Fsp3) is 0.882. The molecule has 0 radical (unpaired) electrons. The van der Waals surface area contributed by atoms with Crippen molar-refractivity contribution >= 4 is 46.2 Å². The first-order valence-electron chi connectivity index (χ1n) is 8.25.